The SMILES string of the molecule is CCCCN(Cc1cccn1Cc1ccc(Br)cc1)C(=O)CN(C(=O)c1ccccc1)C(C)CC. The van der Waals surface area contributed by atoms with Gasteiger partial charge in [0.15, 0.2) is 0 Å². The van der Waals surface area contributed by atoms with Crippen LogP contribution in [0.3, 0.4) is 0 Å². The largest absolute Gasteiger partial charge is 0.345 e. The highest BCUT2D eigenvalue weighted by Crippen LogP contribution is 2.16. The maximum absolute atomic E-state index is 13.6. The predicted octanol–water partition coefficient (Wildman–Crippen LogP) is 6.37. The zero-order valence-electron chi connectivity index (χ0n) is 21.0. The molecule has 0 spiro atoms. The van der Waals surface area contributed by atoms with Gasteiger partial charge in [0.1, 0.15) is 6.54 Å². The van der Waals surface area contributed by atoms with E-state index in [1.54, 1.807) is 4.90 Å². The standard InChI is InChI=1S/C29H36BrN3O2/c1-4-6-18-32(21-27-13-10-19-31(27)20-24-14-16-26(30)17-15-24)28(34)22-33(23(3)5-2)29(35)25-11-8-7-9-12-25/h7-17,19,23H,4-6,18,20-22H2,1-3H3. The number of hydrogen-bond donors (Lipinski definition) is 0. The van der Waals surface area contributed by atoms with Crippen LogP contribution < -0.4 is 0 Å². The van der Waals surface area contributed by atoms with Crippen molar-refractivity contribution in [1.82, 2.24) is 14.4 Å². The Balaban J connectivity index is 1.77. The lowest BCUT2D eigenvalue weighted by molar-refractivity contribution is -0.133. The molecule has 1 unspecified atom stereocenters. The van der Waals surface area contributed by atoms with Crippen molar-refractivity contribution in [3.8, 4) is 0 Å². The normalized spacial score (nSPS) is 11.8. The molecule has 0 radical (unpaired) electrons. The van der Waals surface area contributed by atoms with Crippen LogP contribution in [0.2, 0.25) is 0 Å². The molecular weight excluding hydrogens is 502 g/mol. The third kappa shape index (κ3) is 7.56. The first-order chi connectivity index (χ1) is 16.9. The van der Waals surface area contributed by atoms with Crippen molar-refractivity contribution in [1.29, 1.82) is 0 Å². The molecule has 1 atom stereocenters. The Morgan fingerprint density at radius 3 is 2.34 bits per heavy atom. The van der Waals surface area contributed by atoms with Crippen molar-refractivity contribution in [3.63, 3.8) is 0 Å². The molecule has 6 heteroatoms. The molecule has 0 saturated carbocycles. The first-order valence-corrected chi connectivity index (χ1v) is 13.2. The molecule has 1 aromatic heterocycles. The summed E-state index contributed by atoms with van der Waals surface area (Å²) >= 11 is 3.49. The topological polar surface area (TPSA) is 45.6 Å². The lowest BCUT2D eigenvalue weighted by Crippen LogP contribution is -2.46. The lowest BCUT2D eigenvalue weighted by atomic mass is 10.1. The number of nitrogens with zero attached hydrogens (tertiary/aromatic N) is 3. The number of amides is 2. The van der Waals surface area contributed by atoms with E-state index in [0.717, 1.165) is 36.0 Å². The average Bonchev–Trinajstić information content (AvgIpc) is 3.32. The van der Waals surface area contributed by atoms with E-state index in [0.29, 0.717) is 18.7 Å². The number of aromatic nitrogens is 1. The molecular formula is C29H36BrN3O2. The maximum atomic E-state index is 13.6. The fourth-order valence-corrected chi connectivity index (χ4v) is 4.28. The molecule has 35 heavy (non-hydrogen) atoms. The van der Waals surface area contributed by atoms with E-state index in [9.17, 15) is 9.59 Å². The number of hydrogen-bond acceptors (Lipinski definition) is 2. The lowest BCUT2D eigenvalue weighted by Gasteiger charge is -2.31. The van der Waals surface area contributed by atoms with E-state index in [4.69, 9.17) is 0 Å². The van der Waals surface area contributed by atoms with Gasteiger partial charge >= 0.3 is 0 Å². The molecule has 186 valence electrons. The molecule has 0 fully saturated rings. The average molecular weight is 539 g/mol. The summed E-state index contributed by atoms with van der Waals surface area (Å²) in [6, 6.07) is 21.6. The molecule has 0 aliphatic rings. The summed E-state index contributed by atoms with van der Waals surface area (Å²) in [5, 5.41) is 0. The Bertz CT molecular complexity index is 1080. The van der Waals surface area contributed by atoms with E-state index in [-0.39, 0.29) is 24.4 Å². The van der Waals surface area contributed by atoms with Gasteiger partial charge in [0.2, 0.25) is 5.91 Å². The minimum Gasteiger partial charge on any atom is -0.345 e. The highest BCUT2D eigenvalue weighted by Gasteiger charge is 2.26. The van der Waals surface area contributed by atoms with Gasteiger partial charge in [0.25, 0.3) is 5.91 Å². The van der Waals surface area contributed by atoms with Gasteiger partial charge in [-0.15, -0.1) is 0 Å². The Labute approximate surface area is 217 Å². The minimum atomic E-state index is -0.0950. The van der Waals surface area contributed by atoms with Gasteiger partial charge in [0.05, 0.1) is 6.54 Å². The first kappa shape index (κ1) is 26.7. The van der Waals surface area contributed by atoms with E-state index < -0.39 is 0 Å². The van der Waals surface area contributed by atoms with Crippen LogP contribution in [-0.4, -0.2) is 45.3 Å². The minimum absolute atomic E-state index is 0.0144. The Kier molecular flexibility index (Phi) is 10.2. The number of carbonyl (C=O) groups is 2. The van der Waals surface area contributed by atoms with Crippen LogP contribution in [0.25, 0.3) is 0 Å². The molecule has 2 aromatic carbocycles. The zero-order valence-corrected chi connectivity index (χ0v) is 22.6. The van der Waals surface area contributed by atoms with Gasteiger partial charge < -0.3 is 14.4 Å². The molecule has 5 nitrogen and oxygen atoms in total. The summed E-state index contributed by atoms with van der Waals surface area (Å²) in [6.45, 7) is 8.21. The summed E-state index contributed by atoms with van der Waals surface area (Å²) in [6.07, 6.45) is 4.78. The molecule has 3 aromatic rings. The third-order valence-electron chi connectivity index (χ3n) is 6.39. The van der Waals surface area contributed by atoms with Gasteiger partial charge in [-0.2, -0.15) is 0 Å². The fourth-order valence-electron chi connectivity index (χ4n) is 4.01. The second kappa shape index (κ2) is 13.3. The monoisotopic (exact) mass is 537 g/mol. The molecule has 0 N–H and O–H groups in total. The Morgan fingerprint density at radius 1 is 0.971 bits per heavy atom. The van der Waals surface area contributed by atoms with Crippen LogP contribution >= 0.6 is 15.9 Å². The quantitative estimate of drug-likeness (QED) is 0.269. The number of halogens is 1. The zero-order chi connectivity index (χ0) is 25.2. The van der Waals surface area contributed by atoms with Crippen LogP contribution in [-0.2, 0) is 17.9 Å². The number of rotatable bonds is 12. The Morgan fingerprint density at radius 2 is 1.69 bits per heavy atom. The summed E-state index contributed by atoms with van der Waals surface area (Å²) in [5.74, 6) is -0.109. The van der Waals surface area contributed by atoms with Crippen molar-refractivity contribution in [2.45, 2.75) is 59.2 Å². The van der Waals surface area contributed by atoms with Crippen molar-refractivity contribution < 1.29 is 9.59 Å². The van der Waals surface area contributed by atoms with Crippen LogP contribution in [0.15, 0.2) is 77.4 Å². The molecule has 2 amide bonds. The summed E-state index contributed by atoms with van der Waals surface area (Å²) < 4.78 is 3.25. The molecule has 0 saturated heterocycles. The number of carbonyl (C=O) groups excluding carboxylic acids is 2. The van der Waals surface area contributed by atoms with E-state index in [1.807, 2.05) is 67.3 Å². The van der Waals surface area contributed by atoms with E-state index in [2.05, 4.69) is 51.8 Å². The third-order valence-corrected chi connectivity index (χ3v) is 6.92. The molecule has 0 bridgehead atoms. The van der Waals surface area contributed by atoms with Gasteiger partial charge in [-0.1, -0.05) is 66.5 Å². The summed E-state index contributed by atoms with van der Waals surface area (Å²) in [4.78, 5) is 30.5. The smallest absolute Gasteiger partial charge is 0.254 e. The second-order valence-corrected chi connectivity index (χ2v) is 9.89. The summed E-state index contributed by atoms with van der Waals surface area (Å²) in [7, 11) is 0. The van der Waals surface area contributed by atoms with Crippen molar-refractivity contribution in [2.75, 3.05) is 13.1 Å². The van der Waals surface area contributed by atoms with Crippen molar-refractivity contribution in [2.24, 2.45) is 0 Å². The van der Waals surface area contributed by atoms with Gasteiger partial charge in [0, 0.05) is 41.1 Å². The highest BCUT2D eigenvalue weighted by molar-refractivity contribution is 9.10. The maximum Gasteiger partial charge on any atom is 0.254 e. The number of benzene rings is 2. The molecule has 0 aliphatic heterocycles. The molecule has 0 aliphatic carbocycles. The van der Waals surface area contributed by atoms with E-state index in [1.165, 1.54) is 5.56 Å². The van der Waals surface area contributed by atoms with Crippen molar-refractivity contribution in [3.05, 3.63) is 94.2 Å². The second-order valence-electron chi connectivity index (χ2n) is 8.98. The Hall–Kier alpha value is -2.86. The molecule has 3 rings (SSSR count). The van der Waals surface area contributed by atoms with E-state index >= 15 is 0 Å². The number of unbranched alkanes of at least 4 members (excludes halogenated alkanes) is 1. The summed E-state index contributed by atoms with van der Waals surface area (Å²) in [5.41, 5.74) is 2.90. The van der Waals surface area contributed by atoms with Crippen LogP contribution in [0.4, 0.5) is 0 Å². The van der Waals surface area contributed by atoms with Crippen molar-refractivity contribution >= 4 is 27.7 Å². The van der Waals surface area contributed by atoms with Crippen LogP contribution in [0.5, 0.6) is 0 Å². The van der Waals surface area contributed by atoms with Crippen LogP contribution in [0.1, 0.15) is 61.6 Å². The van der Waals surface area contributed by atoms with Gasteiger partial charge in [-0.3, -0.25) is 9.59 Å². The first-order valence-electron chi connectivity index (χ1n) is 12.4. The van der Waals surface area contributed by atoms with Gasteiger partial charge in [-0.05, 0) is 61.7 Å². The highest BCUT2D eigenvalue weighted by atomic mass is 79.9. The van der Waals surface area contributed by atoms with Gasteiger partial charge in [-0.25, -0.2) is 0 Å². The fraction of sp³-hybridized carbons (Fsp3) is 0.379. The van der Waals surface area contributed by atoms with Crippen LogP contribution in [0, 0.1) is 0 Å². The predicted molar refractivity (Wildman–Crippen MR) is 145 cm³/mol. The molecule has 1 heterocycles.